The highest BCUT2D eigenvalue weighted by Gasteiger charge is 2.22. The smallest absolute Gasteiger partial charge is 0.342 e. The summed E-state index contributed by atoms with van der Waals surface area (Å²) in [6, 6.07) is 5.00. The van der Waals surface area contributed by atoms with E-state index in [1.54, 1.807) is 18.2 Å². The lowest BCUT2D eigenvalue weighted by molar-refractivity contribution is 0.0319. The van der Waals surface area contributed by atoms with Gasteiger partial charge in [-0.1, -0.05) is 17.7 Å². The van der Waals surface area contributed by atoms with E-state index in [4.69, 9.17) is 22.1 Å². The van der Waals surface area contributed by atoms with Gasteiger partial charge in [0, 0.05) is 5.69 Å². The minimum atomic E-state index is -0.407. The Balaban J connectivity index is 2.13. The highest BCUT2D eigenvalue weighted by molar-refractivity contribution is 6.34. The van der Waals surface area contributed by atoms with Gasteiger partial charge in [-0.2, -0.15) is 0 Å². The molecular weight excluding hydrogens is 226 g/mol. The molecule has 0 unspecified atom stereocenters. The van der Waals surface area contributed by atoms with E-state index in [-0.39, 0.29) is 11.7 Å². The second kappa shape index (κ2) is 4.74. The van der Waals surface area contributed by atoms with Crippen molar-refractivity contribution in [3.05, 3.63) is 28.8 Å². The number of ether oxygens (including phenoxy) is 1. The van der Waals surface area contributed by atoms with Gasteiger partial charge in [0.25, 0.3) is 0 Å². The number of carbonyl (C=O) groups excluding carboxylic acids is 1. The molecule has 0 saturated heterocycles. The molecule has 1 aliphatic carbocycles. The maximum Gasteiger partial charge on any atom is 0.342 e. The van der Waals surface area contributed by atoms with Crippen molar-refractivity contribution in [1.29, 1.82) is 0 Å². The van der Waals surface area contributed by atoms with Gasteiger partial charge in [-0.3, -0.25) is 0 Å². The fraction of sp³-hybridized carbons (Fsp3) is 0.417. The summed E-state index contributed by atoms with van der Waals surface area (Å²) in [4.78, 5) is 11.9. The Bertz CT molecular complexity index is 380. The average Bonchev–Trinajstić information content (AvgIpc) is 2.70. The van der Waals surface area contributed by atoms with Crippen molar-refractivity contribution in [3.63, 3.8) is 0 Å². The molecule has 1 fully saturated rings. The summed E-state index contributed by atoms with van der Waals surface area (Å²) >= 11 is 5.93. The zero-order valence-corrected chi connectivity index (χ0v) is 9.67. The van der Waals surface area contributed by atoms with Crippen LogP contribution in [-0.2, 0) is 4.74 Å². The van der Waals surface area contributed by atoms with Crippen molar-refractivity contribution in [2.45, 2.75) is 31.8 Å². The second-order valence-corrected chi connectivity index (χ2v) is 4.42. The van der Waals surface area contributed by atoms with Crippen LogP contribution in [0.2, 0.25) is 5.02 Å². The molecule has 1 saturated carbocycles. The molecule has 0 spiro atoms. The predicted octanol–water partition coefficient (Wildman–Crippen LogP) is 3.02. The van der Waals surface area contributed by atoms with Crippen LogP contribution in [0.4, 0.5) is 5.69 Å². The van der Waals surface area contributed by atoms with Crippen LogP contribution < -0.4 is 5.73 Å². The summed E-state index contributed by atoms with van der Waals surface area (Å²) in [6.45, 7) is 0. The van der Waals surface area contributed by atoms with E-state index >= 15 is 0 Å². The third-order valence-electron chi connectivity index (χ3n) is 2.83. The van der Waals surface area contributed by atoms with E-state index in [1.807, 2.05) is 0 Å². The number of carbonyl (C=O) groups is 1. The maximum atomic E-state index is 11.9. The van der Waals surface area contributed by atoms with Crippen LogP contribution in [0, 0.1) is 0 Å². The summed E-state index contributed by atoms with van der Waals surface area (Å²) in [5.41, 5.74) is 6.37. The Labute approximate surface area is 99.5 Å². The number of esters is 1. The minimum Gasteiger partial charge on any atom is -0.459 e. The molecular formula is C12H14ClNO2. The topological polar surface area (TPSA) is 52.3 Å². The van der Waals surface area contributed by atoms with Crippen LogP contribution in [0.15, 0.2) is 18.2 Å². The summed E-state index contributed by atoms with van der Waals surface area (Å²) in [5.74, 6) is -0.407. The number of hydrogen-bond donors (Lipinski definition) is 1. The fourth-order valence-electron chi connectivity index (χ4n) is 1.97. The van der Waals surface area contributed by atoms with Gasteiger partial charge in [-0.05, 0) is 37.8 Å². The van der Waals surface area contributed by atoms with Crippen LogP contribution in [0.3, 0.4) is 0 Å². The first-order valence-corrected chi connectivity index (χ1v) is 5.81. The lowest BCUT2D eigenvalue weighted by Crippen LogP contribution is -2.16. The highest BCUT2D eigenvalue weighted by Crippen LogP contribution is 2.26. The van der Waals surface area contributed by atoms with Crippen LogP contribution in [0.5, 0.6) is 0 Å². The number of nitrogens with two attached hydrogens (primary N) is 1. The number of rotatable bonds is 2. The molecule has 0 aromatic heterocycles. The third kappa shape index (κ3) is 2.30. The Morgan fingerprint density at radius 2 is 2.06 bits per heavy atom. The standard InChI is InChI=1S/C12H14ClNO2/c13-9-6-3-7-10(14)11(9)12(15)16-8-4-1-2-5-8/h3,6-8H,1-2,4-5,14H2. The van der Waals surface area contributed by atoms with Gasteiger partial charge in [0.05, 0.1) is 5.02 Å². The van der Waals surface area contributed by atoms with Crippen molar-refractivity contribution in [2.24, 2.45) is 0 Å². The van der Waals surface area contributed by atoms with Gasteiger partial charge < -0.3 is 10.5 Å². The molecule has 0 heterocycles. The number of halogens is 1. The van der Waals surface area contributed by atoms with E-state index in [0.29, 0.717) is 10.7 Å². The van der Waals surface area contributed by atoms with E-state index in [1.165, 1.54) is 0 Å². The Morgan fingerprint density at radius 3 is 2.69 bits per heavy atom. The van der Waals surface area contributed by atoms with Crippen molar-refractivity contribution in [3.8, 4) is 0 Å². The van der Waals surface area contributed by atoms with Crippen molar-refractivity contribution in [1.82, 2.24) is 0 Å². The molecule has 2 N–H and O–H groups in total. The molecule has 1 aromatic rings. The SMILES string of the molecule is Nc1cccc(Cl)c1C(=O)OC1CCCC1. The van der Waals surface area contributed by atoms with Crippen LogP contribution in [-0.4, -0.2) is 12.1 Å². The molecule has 0 radical (unpaired) electrons. The summed E-state index contributed by atoms with van der Waals surface area (Å²) in [7, 11) is 0. The summed E-state index contributed by atoms with van der Waals surface area (Å²) in [6.07, 6.45) is 4.15. The first-order valence-electron chi connectivity index (χ1n) is 5.43. The van der Waals surface area contributed by atoms with E-state index in [9.17, 15) is 4.79 Å². The minimum absolute atomic E-state index is 0.0307. The van der Waals surface area contributed by atoms with Crippen molar-refractivity contribution < 1.29 is 9.53 Å². The normalized spacial score (nSPS) is 16.3. The largest absolute Gasteiger partial charge is 0.459 e. The van der Waals surface area contributed by atoms with Gasteiger partial charge in [-0.25, -0.2) is 4.79 Å². The summed E-state index contributed by atoms with van der Waals surface area (Å²) < 4.78 is 5.36. The zero-order valence-electron chi connectivity index (χ0n) is 8.91. The average molecular weight is 240 g/mol. The van der Waals surface area contributed by atoms with Crippen LogP contribution >= 0.6 is 11.6 Å². The van der Waals surface area contributed by atoms with Crippen LogP contribution in [0.25, 0.3) is 0 Å². The molecule has 0 bridgehead atoms. The number of benzene rings is 1. The number of nitrogen functional groups attached to an aromatic ring is 1. The molecule has 4 heteroatoms. The molecule has 86 valence electrons. The molecule has 0 atom stereocenters. The summed E-state index contributed by atoms with van der Waals surface area (Å²) in [5, 5.41) is 0.350. The quantitative estimate of drug-likeness (QED) is 0.638. The molecule has 3 nitrogen and oxygen atoms in total. The lowest BCUT2D eigenvalue weighted by Gasteiger charge is -2.13. The Morgan fingerprint density at radius 1 is 1.38 bits per heavy atom. The number of hydrogen-bond acceptors (Lipinski definition) is 3. The molecule has 16 heavy (non-hydrogen) atoms. The van der Waals surface area contributed by atoms with Gasteiger partial charge in [0.2, 0.25) is 0 Å². The van der Waals surface area contributed by atoms with Gasteiger partial charge >= 0.3 is 5.97 Å². The van der Waals surface area contributed by atoms with Crippen LogP contribution in [0.1, 0.15) is 36.0 Å². The fourth-order valence-corrected chi connectivity index (χ4v) is 2.23. The number of anilines is 1. The molecule has 2 rings (SSSR count). The third-order valence-corrected chi connectivity index (χ3v) is 3.14. The van der Waals surface area contributed by atoms with Gasteiger partial charge in [0.15, 0.2) is 0 Å². The Hall–Kier alpha value is -1.22. The first-order chi connectivity index (χ1) is 7.68. The Kier molecular flexibility index (Phi) is 3.34. The zero-order chi connectivity index (χ0) is 11.5. The lowest BCUT2D eigenvalue weighted by atomic mass is 10.2. The van der Waals surface area contributed by atoms with Gasteiger partial charge in [-0.15, -0.1) is 0 Å². The van der Waals surface area contributed by atoms with E-state index in [0.717, 1.165) is 25.7 Å². The first kappa shape index (κ1) is 11.3. The molecule has 0 aliphatic heterocycles. The highest BCUT2D eigenvalue weighted by atomic mass is 35.5. The van der Waals surface area contributed by atoms with Crippen molar-refractivity contribution >= 4 is 23.3 Å². The van der Waals surface area contributed by atoms with Crippen molar-refractivity contribution in [2.75, 3.05) is 5.73 Å². The second-order valence-electron chi connectivity index (χ2n) is 4.02. The van der Waals surface area contributed by atoms with E-state index in [2.05, 4.69) is 0 Å². The molecule has 1 aromatic carbocycles. The molecule has 0 amide bonds. The monoisotopic (exact) mass is 239 g/mol. The predicted molar refractivity (Wildman–Crippen MR) is 63.5 cm³/mol. The molecule has 1 aliphatic rings. The van der Waals surface area contributed by atoms with Gasteiger partial charge in [0.1, 0.15) is 11.7 Å². The van der Waals surface area contributed by atoms with E-state index < -0.39 is 5.97 Å². The maximum absolute atomic E-state index is 11.9.